The fourth-order valence-corrected chi connectivity index (χ4v) is 2.45. The molecule has 0 heterocycles. The Labute approximate surface area is 121 Å². The quantitative estimate of drug-likeness (QED) is 0.899. The first-order chi connectivity index (χ1) is 9.51. The molecule has 0 saturated heterocycles. The Kier molecular flexibility index (Phi) is 4.58. The van der Waals surface area contributed by atoms with Gasteiger partial charge in [-0.3, -0.25) is 4.90 Å². The number of rotatable bonds is 5. The SMILES string of the molecule is CC(N(C)Cc1ccccc1)C(C)(O)c1ccccc1. The zero-order valence-corrected chi connectivity index (χ0v) is 12.5. The van der Waals surface area contributed by atoms with E-state index in [0.29, 0.717) is 0 Å². The lowest BCUT2D eigenvalue weighted by atomic mass is 9.88. The minimum absolute atomic E-state index is 0.0186. The van der Waals surface area contributed by atoms with Gasteiger partial charge in [0.1, 0.15) is 5.60 Å². The van der Waals surface area contributed by atoms with Gasteiger partial charge < -0.3 is 5.11 Å². The van der Waals surface area contributed by atoms with E-state index in [9.17, 15) is 5.11 Å². The zero-order chi connectivity index (χ0) is 14.6. The van der Waals surface area contributed by atoms with Crippen molar-refractivity contribution < 1.29 is 5.11 Å². The Morgan fingerprint density at radius 2 is 1.50 bits per heavy atom. The number of likely N-dealkylation sites (N-methyl/N-ethyl adjacent to an activating group) is 1. The molecule has 0 aliphatic carbocycles. The number of nitrogens with zero attached hydrogens (tertiary/aromatic N) is 1. The van der Waals surface area contributed by atoms with E-state index >= 15 is 0 Å². The van der Waals surface area contributed by atoms with Crippen molar-refractivity contribution in [3.8, 4) is 0 Å². The summed E-state index contributed by atoms with van der Waals surface area (Å²) in [6.45, 7) is 4.77. The van der Waals surface area contributed by atoms with Crippen molar-refractivity contribution in [1.82, 2.24) is 4.90 Å². The van der Waals surface area contributed by atoms with Crippen LogP contribution in [0.15, 0.2) is 60.7 Å². The molecule has 2 heteroatoms. The van der Waals surface area contributed by atoms with Crippen molar-refractivity contribution in [3.05, 3.63) is 71.8 Å². The number of hydrogen-bond donors (Lipinski definition) is 1. The van der Waals surface area contributed by atoms with E-state index in [-0.39, 0.29) is 6.04 Å². The molecular formula is C18H23NO. The Morgan fingerprint density at radius 1 is 1.00 bits per heavy atom. The highest BCUT2D eigenvalue weighted by atomic mass is 16.3. The van der Waals surface area contributed by atoms with E-state index in [1.807, 2.05) is 55.5 Å². The molecule has 2 nitrogen and oxygen atoms in total. The molecule has 1 N–H and O–H groups in total. The standard InChI is InChI=1S/C18H23NO/c1-15(18(2,20)17-12-8-5-9-13-17)19(3)14-16-10-6-4-7-11-16/h4-13,15,20H,14H2,1-3H3. The van der Waals surface area contributed by atoms with Gasteiger partial charge in [0, 0.05) is 12.6 Å². The van der Waals surface area contributed by atoms with Crippen molar-refractivity contribution >= 4 is 0 Å². The smallest absolute Gasteiger partial charge is 0.102 e. The molecule has 0 spiro atoms. The van der Waals surface area contributed by atoms with Gasteiger partial charge in [-0.2, -0.15) is 0 Å². The topological polar surface area (TPSA) is 23.5 Å². The maximum Gasteiger partial charge on any atom is 0.102 e. The summed E-state index contributed by atoms with van der Waals surface area (Å²) in [4.78, 5) is 2.18. The van der Waals surface area contributed by atoms with Crippen molar-refractivity contribution in [2.45, 2.75) is 32.0 Å². The fraction of sp³-hybridized carbons (Fsp3) is 0.333. The average Bonchev–Trinajstić information content (AvgIpc) is 2.48. The van der Waals surface area contributed by atoms with Crippen LogP contribution in [0.1, 0.15) is 25.0 Å². The summed E-state index contributed by atoms with van der Waals surface area (Å²) in [5.74, 6) is 0. The first-order valence-electron chi connectivity index (χ1n) is 7.04. The van der Waals surface area contributed by atoms with E-state index in [4.69, 9.17) is 0 Å². The number of hydrogen-bond acceptors (Lipinski definition) is 2. The van der Waals surface area contributed by atoms with Crippen LogP contribution in [0.5, 0.6) is 0 Å². The summed E-state index contributed by atoms with van der Waals surface area (Å²) < 4.78 is 0. The Bertz CT molecular complexity index is 522. The molecule has 2 rings (SSSR count). The molecule has 0 aliphatic heterocycles. The van der Waals surface area contributed by atoms with Crippen LogP contribution in [0.2, 0.25) is 0 Å². The van der Waals surface area contributed by atoms with Gasteiger partial charge >= 0.3 is 0 Å². The van der Waals surface area contributed by atoms with Gasteiger partial charge in [-0.15, -0.1) is 0 Å². The molecule has 2 atom stereocenters. The maximum atomic E-state index is 10.9. The predicted molar refractivity (Wildman–Crippen MR) is 83.4 cm³/mol. The summed E-state index contributed by atoms with van der Waals surface area (Å²) >= 11 is 0. The molecule has 0 bridgehead atoms. The Morgan fingerprint density at radius 3 is 2.05 bits per heavy atom. The highest BCUT2D eigenvalue weighted by Crippen LogP contribution is 2.27. The second kappa shape index (κ2) is 6.21. The third-order valence-corrected chi connectivity index (χ3v) is 4.11. The molecule has 2 aromatic carbocycles. The molecule has 0 saturated carbocycles. The Hall–Kier alpha value is -1.64. The van der Waals surface area contributed by atoms with E-state index in [1.54, 1.807) is 0 Å². The van der Waals surface area contributed by atoms with Crippen molar-refractivity contribution in [3.63, 3.8) is 0 Å². The minimum atomic E-state index is -0.870. The van der Waals surface area contributed by atoms with Crippen LogP contribution >= 0.6 is 0 Å². The molecule has 2 unspecified atom stereocenters. The molecule has 0 radical (unpaired) electrons. The van der Waals surface area contributed by atoms with Gasteiger partial charge in [-0.05, 0) is 32.0 Å². The largest absolute Gasteiger partial charge is 0.384 e. The maximum absolute atomic E-state index is 10.9. The lowest BCUT2D eigenvalue weighted by molar-refractivity contribution is -0.0252. The first kappa shape index (κ1) is 14.8. The van der Waals surface area contributed by atoms with E-state index in [0.717, 1.165) is 12.1 Å². The van der Waals surface area contributed by atoms with Crippen LogP contribution in [0, 0.1) is 0 Å². The number of aliphatic hydroxyl groups is 1. The highest BCUT2D eigenvalue weighted by molar-refractivity contribution is 5.23. The van der Waals surface area contributed by atoms with Gasteiger partial charge in [-0.25, -0.2) is 0 Å². The third kappa shape index (κ3) is 3.27. The summed E-state index contributed by atoms with van der Waals surface area (Å²) in [7, 11) is 2.05. The molecule has 106 valence electrons. The molecule has 0 aromatic heterocycles. The fourth-order valence-electron chi connectivity index (χ4n) is 2.45. The molecule has 20 heavy (non-hydrogen) atoms. The van der Waals surface area contributed by atoms with E-state index < -0.39 is 5.60 Å². The normalized spacial score (nSPS) is 15.8. The number of benzene rings is 2. The second-order valence-corrected chi connectivity index (χ2v) is 5.59. The zero-order valence-electron chi connectivity index (χ0n) is 12.5. The highest BCUT2D eigenvalue weighted by Gasteiger charge is 2.32. The van der Waals surface area contributed by atoms with Crippen LogP contribution < -0.4 is 0 Å². The summed E-state index contributed by atoms with van der Waals surface area (Å²) in [5, 5.41) is 10.9. The van der Waals surface area contributed by atoms with Crippen LogP contribution in [0.3, 0.4) is 0 Å². The lowest BCUT2D eigenvalue weighted by Crippen LogP contribution is -2.45. The predicted octanol–water partition coefficient (Wildman–Crippen LogP) is 3.41. The average molecular weight is 269 g/mol. The summed E-state index contributed by atoms with van der Waals surface area (Å²) in [6.07, 6.45) is 0. The lowest BCUT2D eigenvalue weighted by Gasteiger charge is -2.37. The Balaban J connectivity index is 2.12. The molecular weight excluding hydrogens is 246 g/mol. The molecule has 0 fully saturated rings. The van der Waals surface area contributed by atoms with Gasteiger partial charge in [0.15, 0.2) is 0 Å². The van der Waals surface area contributed by atoms with Crippen LogP contribution in [-0.2, 0) is 12.1 Å². The molecule has 2 aromatic rings. The summed E-state index contributed by atoms with van der Waals surface area (Å²) in [6, 6.07) is 20.2. The van der Waals surface area contributed by atoms with Crippen LogP contribution in [0.4, 0.5) is 0 Å². The van der Waals surface area contributed by atoms with Crippen molar-refractivity contribution in [1.29, 1.82) is 0 Å². The van der Waals surface area contributed by atoms with Crippen LogP contribution in [0.25, 0.3) is 0 Å². The second-order valence-electron chi connectivity index (χ2n) is 5.59. The molecule has 0 amide bonds. The molecule has 0 aliphatic rings. The van der Waals surface area contributed by atoms with E-state index in [1.165, 1.54) is 5.56 Å². The monoisotopic (exact) mass is 269 g/mol. The van der Waals surface area contributed by atoms with Gasteiger partial charge in [-0.1, -0.05) is 60.7 Å². The van der Waals surface area contributed by atoms with Crippen molar-refractivity contribution in [2.75, 3.05) is 7.05 Å². The van der Waals surface area contributed by atoms with Crippen molar-refractivity contribution in [2.24, 2.45) is 0 Å². The third-order valence-electron chi connectivity index (χ3n) is 4.11. The minimum Gasteiger partial charge on any atom is -0.384 e. The summed E-state index contributed by atoms with van der Waals surface area (Å²) in [5.41, 5.74) is 1.34. The first-order valence-corrected chi connectivity index (χ1v) is 7.04. The van der Waals surface area contributed by atoms with E-state index in [2.05, 4.69) is 31.0 Å². The van der Waals surface area contributed by atoms with Gasteiger partial charge in [0.05, 0.1) is 0 Å². The van der Waals surface area contributed by atoms with Crippen LogP contribution in [-0.4, -0.2) is 23.1 Å². The van der Waals surface area contributed by atoms with Gasteiger partial charge in [0.25, 0.3) is 0 Å². The van der Waals surface area contributed by atoms with Gasteiger partial charge in [0.2, 0.25) is 0 Å².